The van der Waals surface area contributed by atoms with E-state index in [2.05, 4.69) is 34.7 Å². The van der Waals surface area contributed by atoms with Gasteiger partial charge in [0, 0.05) is 6.54 Å². The second-order valence-electron chi connectivity index (χ2n) is 5.31. The first kappa shape index (κ1) is 15.4. The lowest BCUT2D eigenvalue weighted by Gasteiger charge is -2.08. The predicted molar refractivity (Wildman–Crippen MR) is 97.3 cm³/mol. The molecule has 0 fully saturated rings. The molecular weight excluding hydrogens is 340 g/mol. The lowest BCUT2D eigenvalue weighted by molar-refractivity contribution is 0.509. The molecule has 4 aromatic rings. The zero-order valence-corrected chi connectivity index (χ0v) is 15.0. The van der Waals surface area contributed by atoms with Crippen molar-refractivity contribution < 1.29 is 4.42 Å². The number of benzene rings is 1. The molecule has 0 radical (unpaired) electrons. The second kappa shape index (κ2) is 6.41. The van der Waals surface area contributed by atoms with Gasteiger partial charge in [-0.2, -0.15) is 0 Å². The van der Waals surface area contributed by atoms with Crippen molar-refractivity contribution in [1.29, 1.82) is 0 Å². The Bertz CT molecular complexity index is 958. The van der Waals surface area contributed by atoms with Crippen molar-refractivity contribution >= 4 is 34.1 Å². The first-order chi connectivity index (χ1) is 11.8. The van der Waals surface area contributed by atoms with Crippen LogP contribution in [0, 0.1) is 0 Å². The van der Waals surface area contributed by atoms with Crippen LogP contribution in [0.4, 0.5) is 0 Å². The van der Waals surface area contributed by atoms with Crippen LogP contribution in [0.1, 0.15) is 25.0 Å². The number of thiophene rings is 1. The molecule has 0 saturated carbocycles. The van der Waals surface area contributed by atoms with Gasteiger partial charge in [-0.05, 0) is 37.4 Å². The van der Waals surface area contributed by atoms with E-state index in [1.54, 1.807) is 23.1 Å². The molecule has 1 atom stereocenters. The Labute approximate surface area is 147 Å². The summed E-state index contributed by atoms with van der Waals surface area (Å²) in [6, 6.07) is 12.2. The van der Waals surface area contributed by atoms with Gasteiger partial charge >= 0.3 is 0 Å². The van der Waals surface area contributed by atoms with E-state index >= 15 is 0 Å². The van der Waals surface area contributed by atoms with Crippen LogP contribution in [-0.4, -0.2) is 19.7 Å². The van der Waals surface area contributed by atoms with Crippen molar-refractivity contribution in [2.45, 2.75) is 30.8 Å². The van der Waals surface area contributed by atoms with Crippen LogP contribution >= 0.6 is 23.1 Å². The van der Waals surface area contributed by atoms with Crippen LogP contribution in [0.25, 0.3) is 21.8 Å². The van der Waals surface area contributed by atoms with E-state index in [0.717, 1.165) is 27.6 Å². The van der Waals surface area contributed by atoms with E-state index in [0.29, 0.717) is 11.8 Å². The molecule has 7 heteroatoms. The minimum atomic E-state index is 0.0355. The Morgan fingerprint density at radius 1 is 1.21 bits per heavy atom. The monoisotopic (exact) mass is 356 g/mol. The van der Waals surface area contributed by atoms with Gasteiger partial charge in [-0.15, -0.1) is 21.5 Å². The smallest absolute Gasteiger partial charge is 0.257 e. The van der Waals surface area contributed by atoms with Gasteiger partial charge in [-0.3, -0.25) is 0 Å². The molecule has 0 unspecified atom stereocenters. The summed E-state index contributed by atoms with van der Waals surface area (Å²) in [5, 5.41) is 11.4. The first-order valence-corrected chi connectivity index (χ1v) is 9.51. The van der Waals surface area contributed by atoms with E-state index in [-0.39, 0.29) is 5.25 Å². The van der Waals surface area contributed by atoms with Gasteiger partial charge in [0.05, 0.1) is 21.2 Å². The number of para-hydroxylation sites is 2. The molecular formula is C17H16N4OS2. The number of aryl methyl sites for hydroxylation is 1. The summed E-state index contributed by atoms with van der Waals surface area (Å²) >= 11 is 3.24. The number of thioether (sulfide) groups is 1. The predicted octanol–water partition coefficient (Wildman–Crippen LogP) is 5.02. The summed E-state index contributed by atoms with van der Waals surface area (Å²) < 4.78 is 8.06. The zero-order valence-electron chi connectivity index (χ0n) is 13.3. The van der Waals surface area contributed by atoms with Crippen LogP contribution in [0.5, 0.6) is 0 Å². The standard InChI is InChI=1S/C17H16N4OS2/c1-3-21-13-8-5-4-7-12(13)18-17(21)24-11(2)15-19-20-16(22-15)14-9-6-10-23-14/h4-11H,3H2,1-2H3/t11-/m0/s1. The number of hydrogen-bond acceptors (Lipinski definition) is 6. The Morgan fingerprint density at radius 3 is 2.88 bits per heavy atom. The summed E-state index contributed by atoms with van der Waals surface area (Å²) in [5.74, 6) is 1.20. The van der Waals surface area contributed by atoms with Crippen LogP contribution in [0.15, 0.2) is 51.4 Å². The van der Waals surface area contributed by atoms with E-state index in [1.807, 2.05) is 35.7 Å². The molecule has 4 rings (SSSR count). The highest BCUT2D eigenvalue weighted by molar-refractivity contribution is 7.99. The summed E-state index contributed by atoms with van der Waals surface area (Å²) in [7, 11) is 0. The largest absolute Gasteiger partial charge is 0.419 e. The van der Waals surface area contributed by atoms with Crippen molar-refractivity contribution in [3.63, 3.8) is 0 Å². The fraction of sp³-hybridized carbons (Fsp3) is 0.235. The van der Waals surface area contributed by atoms with Crippen LogP contribution in [-0.2, 0) is 6.54 Å². The van der Waals surface area contributed by atoms with Gasteiger partial charge in [0.1, 0.15) is 0 Å². The summed E-state index contributed by atoms with van der Waals surface area (Å²) in [6.45, 7) is 5.07. The average molecular weight is 356 g/mol. The molecule has 24 heavy (non-hydrogen) atoms. The molecule has 3 aromatic heterocycles. The van der Waals surface area contributed by atoms with Gasteiger partial charge in [0.25, 0.3) is 5.89 Å². The van der Waals surface area contributed by atoms with Crippen molar-refractivity contribution in [2.24, 2.45) is 0 Å². The van der Waals surface area contributed by atoms with Crippen molar-refractivity contribution in [3.8, 4) is 10.8 Å². The van der Waals surface area contributed by atoms with Gasteiger partial charge in [-0.25, -0.2) is 4.98 Å². The molecule has 0 saturated heterocycles. The maximum Gasteiger partial charge on any atom is 0.257 e. The normalized spacial score (nSPS) is 12.8. The van der Waals surface area contributed by atoms with Crippen molar-refractivity contribution in [2.75, 3.05) is 0 Å². The fourth-order valence-electron chi connectivity index (χ4n) is 2.56. The van der Waals surface area contributed by atoms with Crippen LogP contribution in [0.3, 0.4) is 0 Å². The highest BCUT2D eigenvalue weighted by atomic mass is 32.2. The number of nitrogens with zero attached hydrogens (tertiary/aromatic N) is 4. The molecule has 0 N–H and O–H groups in total. The molecule has 0 aliphatic heterocycles. The Morgan fingerprint density at radius 2 is 2.08 bits per heavy atom. The van der Waals surface area contributed by atoms with Gasteiger partial charge in [0.2, 0.25) is 5.89 Å². The molecule has 0 amide bonds. The quantitative estimate of drug-likeness (QED) is 0.470. The third-order valence-corrected chi connectivity index (χ3v) is 5.67. The number of hydrogen-bond donors (Lipinski definition) is 0. The summed E-state index contributed by atoms with van der Waals surface area (Å²) in [4.78, 5) is 5.74. The highest BCUT2D eigenvalue weighted by Gasteiger charge is 2.20. The summed E-state index contributed by atoms with van der Waals surface area (Å²) in [6.07, 6.45) is 0. The topological polar surface area (TPSA) is 56.7 Å². The van der Waals surface area contributed by atoms with Crippen molar-refractivity contribution in [1.82, 2.24) is 19.7 Å². The van der Waals surface area contributed by atoms with Gasteiger partial charge in [0.15, 0.2) is 5.16 Å². The van der Waals surface area contributed by atoms with Crippen LogP contribution in [0.2, 0.25) is 0 Å². The molecule has 0 bridgehead atoms. The third-order valence-electron chi connectivity index (χ3n) is 3.74. The maximum atomic E-state index is 5.84. The number of fused-ring (bicyclic) bond motifs is 1. The Balaban J connectivity index is 1.61. The third kappa shape index (κ3) is 2.74. The summed E-state index contributed by atoms with van der Waals surface area (Å²) in [5.41, 5.74) is 2.17. The van der Waals surface area contributed by atoms with Crippen LogP contribution < -0.4 is 0 Å². The SMILES string of the molecule is CCn1c(S[C@@H](C)c2nnc(-c3cccs3)o2)nc2ccccc21. The van der Waals surface area contributed by atoms with Crippen molar-refractivity contribution in [3.05, 3.63) is 47.7 Å². The van der Waals surface area contributed by atoms with E-state index < -0.39 is 0 Å². The second-order valence-corrected chi connectivity index (χ2v) is 7.57. The molecule has 1 aromatic carbocycles. The molecule has 0 aliphatic carbocycles. The van der Waals surface area contributed by atoms with E-state index in [4.69, 9.17) is 9.40 Å². The fourth-order valence-corrected chi connectivity index (χ4v) is 4.22. The average Bonchev–Trinajstić information content (AvgIpc) is 3.33. The number of rotatable bonds is 5. The molecule has 5 nitrogen and oxygen atoms in total. The van der Waals surface area contributed by atoms with Gasteiger partial charge < -0.3 is 8.98 Å². The number of imidazole rings is 1. The van der Waals surface area contributed by atoms with E-state index in [9.17, 15) is 0 Å². The Hall–Kier alpha value is -2.12. The lowest BCUT2D eigenvalue weighted by atomic mass is 10.3. The highest BCUT2D eigenvalue weighted by Crippen LogP contribution is 2.36. The first-order valence-electron chi connectivity index (χ1n) is 7.75. The van der Waals surface area contributed by atoms with Gasteiger partial charge in [-0.1, -0.05) is 30.0 Å². The minimum absolute atomic E-state index is 0.0355. The zero-order chi connectivity index (χ0) is 16.5. The molecule has 0 aliphatic rings. The Kier molecular flexibility index (Phi) is 4.12. The number of aromatic nitrogens is 4. The molecule has 122 valence electrons. The molecule has 0 spiro atoms. The lowest BCUT2D eigenvalue weighted by Crippen LogP contribution is -1.98. The maximum absolute atomic E-state index is 5.84. The molecule has 3 heterocycles. The minimum Gasteiger partial charge on any atom is -0.419 e. The van der Waals surface area contributed by atoms with E-state index in [1.165, 1.54) is 0 Å².